The van der Waals surface area contributed by atoms with Gasteiger partial charge >= 0.3 is 0 Å². The first-order chi connectivity index (χ1) is 11.5. The zero-order chi connectivity index (χ0) is 17.0. The summed E-state index contributed by atoms with van der Waals surface area (Å²) in [4.78, 5) is 0. The SMILES string of the molecule is CC(C)(C)C(Cc1ccccc1)Cc1cn(-c2ccccc2)nn1. The van der Waals surface area contributed by atoms with Gasteiger partial charge in [-0.2, -0.15) is 0 Å². The van der Waals surface area contributed by atoms with E-state index in [0.29, 0.717) is 5.92 Å². The van der Waals surface area contributed by atoms with E-state index in [0.717, 1.165) is 24.2 Å². The van der Waals surface area contributed by atoms with Crippen LogP contribution in [0.2, 0.25) is 0 Å². The molecule has 0 saturated carbocycles. The monoisotopic (exact) mass is 319 g/mol. The highest BCUT2D eigenvalue weighted by Crippen LogP contribution is 2.31. The van der Waals surface area contributed by atoms with E-state index >= 15 is 0 Å². The Morgan fingerprint density at radius 3 is 2.12 bits per heavy atom. The second-order valence-electron chi connectivity index (χ2n) is 7.45. The van der Waals surface area contributed by atoms with Gasteiger partial charge in [0.15, 0.2) is 0 Å². The molecule has 0 aliphatic rings. The molecule has 0 amide bonds. The lowest BCUT2D eigenvalue weighted by molar-refractivity contribution is 0.235. The van der Waals surface area contributed by atoms with Crippen LogP contribution in [-0.2, 0) is 12.8 Å². The van der Waals surface area contributed by atoms with Crippen LogP contribution in [0.1, 0.15) is 32.0 Å². The van der Waals surface area contributed by atoms with Gasteiger partial charge in [0.1, 0.15) is 0 Å². The molecule has 0 radical (unpaired) electrons. The second-order valence-corrected chi connectivity index (χ2v) is 7.45. The summed E-state index contributed by atoms with van der Waals surface area (Å²) in [6, 6.07) is 20.8. The number of rotatable bonds is 5. The summed E-state index contributed by atoms with van der Waals surface area (Å²) < 4.78 is 1.86. The van der Waals surface area contributed by atoms with E-state index in [2.05, 4.69) is 67.6 Å². The minimum Gasteiger partial charge on any atom is -0.220 e. The Kier molecular flexibility index (Phi) is 4.79. The Morgan fingerprint density at radius 1 is 0.875 bits per heavy atom. The predicted molar refractivity (Wildman–Crippen MR) is 98.2 cm³/mol. The average molecular weight is 319 g/mol. The second kappa shape index (κ2) is 7.00. The number of nitrogens with zero attached hydrogens (tertiary/aromatic N) is 3. The molecule has 0 N–H and O–H groups in total. The molecule has 3 rings (SSSR count). The molecule has 0 saturated heterocycles. The van der Waals surface area contributed by atoms with E-state index in [-0.39, 0.29) is 5.41 Å². The summed E-state index contributed by atoms with van der Waals surface area (Å²) in [7, 11) is 0. The molecule has 0 spiro atoms. The zero-order valence-corrected chi connectivity index (χ0v) is 14.7. The van der Waals surface area contributed by atoms with Crippen LogP contribution >= 0.6 is 0 Å². The van der Waals surface area contributed by atoms with Crippen LogP contribution in [0.4, 0.5) is 0 Å². The zero-order valence-electron chi connectivity index (χ0n) is 14.7. The molecule has 2 aromatic carbocycles. The summed E-state index contributed by atoms with van der Waals surface area (Å²) in [5.41, 5.74) is 3.70. The van der Waals surface area contributed by atoms with Crippen molar-refractivity contribution in [3.8, 4) is 5.69 Å². The van der Waals surface area contributed by atoms with Crippen molar-refractivity contribution in [2.24, 2.45) is 11.3 Å². The Morgan fingerprint density at radius 2 is 1.50 bits per heavy atom. The quantitative estimate of drug-likeness (QED) is 0.681. The van der Waals surface area contributed by atoms with E-state index < -0.39 is 0 Å². The largest absolute Gasteiger partial charge is 0.220 e. The van der Waals surface area contributed by atoms with Gasteiger partial charge in [0.2, 0.25) is 0 Å². The maximum atomic E-state index is 4.40. The Bertz CT molecular complexity index is 755. The highest BCUT2D eigenvalue weighted by Gasteiger charge is 2.26. The highest BCUT2D eigenvalue weighted by molar-refractivity contribution is 5.30. The predicted octanol–water partition coefficient (Wildman–Crippen LogP) is 4.71. The molecule has 3 heteroatoms. The lowest BCUT2D eigenvalue weighted by Gasteiger charge is -2.30. The van der Waals surface area contributed by atoms with Crippen molar-refractivity contribution in [3.63, 3.8) is 0 Å². The molecule has 1 aromatic heterocycles. The molecule has 1 heterocycles. The molecule has 3 aromatic rings. The Labute approximate surface area is 144 Å². The number of para-hydroxylation sites is 1. The van der Waals surface area contributed by atoms with Gasteiger partial charge < -0.3 is 0 Å². The number of benzene rings is 2. The number of hydrogen-bond donors (Lipinski definition) is 0. The normalized spacial score (nSPS) is 13.0. The summed E-state index contributed by atoms with van der Waals surface area (Å²) in [6.45, 7) is 6.92. The Hall–Kier alpha value is -2.42. The van der Waals surface area contributed by atoms with Gasteiger partial charge in [0.05, 0.1) is 17.6 Å². The molecular weight excluding hydrogens is 294 g/mol. The van der Waals surface area contributed by atoms with Crippen molar-refractivity contribution in [1.29, 1.82) is 0 Å². The molecule has 3 nitrogen and oxygen atoms in total. The van der Waals surface area contributed by atoms with E-state index in [1.54, 1.807) is 0 Å². The first kappa shape index (κ1) is 16.4. The van der Waals surface area contributed by atoms with Crippen LogP contribution < -0.4 is 0 Å². The molecule has 0 aliphatic heterocycles. The fourth-order valence-corrected chi connectivity index (χ4v) is 2.93. The standard InChI is InChI=1S/C21H25N3/c1-21(2,3)18(14-17-10-6-4-7-11-17)15-19-16-24(23-22-19)20-12-8-5-9-13-20/h4-13,16,18H,14-15H2,1-3H3. The van der Waals surface area contributed by atoms with Crippen LogP contribution in [0, 0.1) is 11.3 Å². The smallest absolute Gasteiger partial charge is 0.0834 e. The van der Waals surface area contributed by atoms with E-state index in [4.69, 9.17) is 0 Å². The fourth-order valence-electron chi connectivity index (χ4n) is 2.93. The highest BCUT2D eigenvalue weighted by atomic mass is 15.4. The third kappa shape index (κ3) is 4.10. The lowest BCUT2D eigenvalue weighted by atomic mass is 9.75. The van der Waals surface area contributed by atoms with Crippen molar-refractivity contribution in [1.82, 2.24) is 15.0 Å². The van der Waals surface area contributed by atoms with Crippen molar-refractivity contribution < 1.29 is 0 Å². The van der Waals surface area contributed by atoms with Gasteiger partial charge in [-0.25, -0.2) is 4.68 Å². The third-order valence-corrected chi connectivity index (χ3v) is 4.57. The molecule has 0 aliphatic carbocycles. The van der Waals surface area contributed by atoms with Gasteiger partial charge in [-0.1, -0.05) is 74.5 Å². The van der Waals surface area contributed by atoms with Gasteiger partial charge in [-0.05, 0) is 41.9 Å². The minimum absolute atomic E-state index is 0.215. The third-order valence-electron chi connectivity index (χ3n) is 4.57. The summed E-state index contributed by atoms with van der Waals surface area (Å²) in [5, 5.41) is 8.70. The van der Waals surface area contributed by atoms with E-state index in [1.165, 1.54) is 5.56 Å². The molecule has 0 fully saturated rings. The topological polar surface area (TPSA) is 30.7 Å². The number of aromatic nitrogens is 3. The van der Waals surface area contributed by atoms with E-state index in [9.17, 15) is 0 Å². The van der Waals surface area contributed by atoms with Crippen molar-refractivity contribution in [2.75, 3.05) is 0 Å². The summed E-state index contributed by atoms with van der Waals surface area (Å²) in [5.74, 6) is 0.515. The molecule has 0 bridgehead atoms. The van der Waals surface area contributed by atoms with Crippen LogP contribution in [-0.4, -0.2) is 15.0 Å². The van der Waals surface area contributed by atoms with Crippen LogP contribution in [0.5, 0.6) is 0 Å². The number of hydrogen-bond acceptors (Lipinski definition) is 2. The molecular formula is C21H25N3. The first-order valence-corrected chi connectivity index (χ1v) is 8.53. The van der Waals surface area contributed by atoms with Crippen LogP contribution in [0.25, 0.3) is 5.69 Å². The average Bonchev–Trinajstić information content (AvgIpc) is 3.04. The Balaban J connectivity index is 1.77. The van der Waals surface area contributed by atoms with Gasteiger partial charge in [0.25, 0.3) is 0 Å². The van der Waals surface area contributed by atoms with Crippen molar-refractivity contribution in [3.05, 3.63) is 78.1 Å². The summed E-state index contributed by atoms with van der Waals surface area (Å²) >= 11 is 0. The van der Waals surface area contributed by atoms with Crippen molar-refractivity contribution in [2.45, 2.75) is 33.6 Å². The maximum Gasteiger partial charge on any atom is 0.0834 e. The maximum absolute atomic E-state index is 4.40. The molecule has 1 unspecified atom stereocenters. The van der Waals surface area contributed by atoms with E-state index in [1.807, 2.05) is 35.0 Å². The van der Waals surface area contributed by atoms with Crippen LogP contribution in [0.15, 0.2) is 66.9 Å². The first-order valence-electron chi connectivity index (χ1n) is 8.53. The van der Waals surface area contributed by atoms with Crippen molar-refractivity contribution >= 4 is 0 Å². The summed E-state index contributed by atoms with van der Waals surface area (Å²) in [6.07, 6.45) is 4.05. The minimum atomic E-state index is 0.215. The van der Waals surface area contributed by atoms with Gasteiger partial charge in [-0.15, -0.1) is 5.10 Å². The molecule has 1 atom stereocenters. The van der Waals surface area contributed by atoms with Gasteiger partial charge in [-0.3, -0.25) is 0 Å². The fraction of sp³-hybridized carbons (Fsp3) is 0.333. The molecule has 124 valence electrons. The van der Waals surface area contributed by atoms with Crippen LogP contribution in [0.3, 0.4) is 0 Å². The molecule has 24 heavy (non-hydrogen) atoms. The van der Waals surface area contributed by atoms with Gasteiger partial charge in [0, 0.05) is 0 Å². The lowest BCUT2D eigenvalue weighted by Crippen LogP contribution is -2.25.